The number of nitrogens with one attached hydrogen (secondary N) is 1. The second-order valence-electron chi connectivity index (χ2n) is 4.20. The molecule has 0 aliphatic rings. The van der Waals surface area contributed by atoms with Crippen LogP contribution in [-0.2, 0) is 4.74 Å². The van der Waals surface area contributed by atoms with E-state index in [1.165, 1.54) is 23.1 Å². The van der Waals surface area contributed by atoms with E-state index in [4.69, 9.17) is 4.74 Å². The van der Waals surface area contributed by atoms with Gasteiger partial charge in [-0.15, -0.1) is 20.4 Å². The van der Waals surface area contributed by atoms with E-state index in [9.17, 15) is 8.78 Å². The number of hydrogen-bond acceptors (Lipinski definition) is 9. The Morgan fingerprint density at radius 1 is 1.30 bits per heavy atom. The average molecular weight is 359 g/mol. The number of methoxy groups -OCH3 is 1. The molecule has 0 amide bonds. The monoisotopic (exact) mass is 359 g/mol. The molecule has 0 spiro atoms. The number of rotatable bonds is 7. The van der Waals surface area contributed by atoms with E-state index < -0.39 is 12.2 Å². The van der Waals surface area contributed by atoms with Crippen LogP contribution < -0.4 is 5.32 Å². The summed E-state index contributed by atoms with van der Waals surface area (Å²) in [6, 6.07) is 3.25. The molecule has 0 aliphatic heterocycles. The van der Waals surface area contributed by atoms with Crippen LogP contribution in [-0.4, -0.2) is 50.3 Å². The minimum absolute atomic E-state index is 0.267. The minimum atomic E-state index is -2.74. The van der Waals surface area contributed by atoms with Gasteiger partial charge in [0.05, 0.1) is 6.61 Å². The molecule has 8 nitrogen and oxygen atoms in total. The Bertz CT molecular complexity index is 794. The number of hydrogen-bond donors (Lipinski definition) is 1. The standard InChI is InChI=1S/C11H11F2N7OS2/c1-21-5-4-14-10-17-18-11(23-10)22-7-3-2-6-15-16-9(8(12)13)20(6)19-7/h2-3,8H,4-5H2,1H3,(H,14,17). The SMILES string of the molecule is COCCNc1nnc(Sc2ccc3nnc(C(F)F)n3n2)s1. The molecule has 0 bridgehead atoms. The lowest BCUT2D eigenvalue weighted by molar-refractivity contribution is 0.137. The van der Waals surface area contributed by atoms with Gasteiger partial charge in [-0.3, -0.25) is 0 Å². The highest BCUT2D eigenvalue weighted by Gasteiger charge is 2.17. The van der Waals surface area contributed by atoms with E-state index >= 15 is 0 Å². The molecule has 3 aromatic heterocycles. The first-order chi connectivity index (χ1) is 11.2. The van der Waals surface area contributed by atoms with Crippen LogP contribution in [0.4, 0.5) is 13.9 Å². The van der Waals surface area contributed by atoms with E-state index in [0.717, 1.165) is 4.52 Å². The number of nitrogens with zero attached hydrogens (tertiary/aromatic N) is 6. The van der Waals surface area contributed by atoms with Crippen LogP contribution in [0.5, 0.6) is 0 Å². The van der Waals surface area contributed by atoms with Crippen LogP contribution in [0.25, 0.3) is 5.65 Å². The maximum Gasteiger partial charge on any atom is 0.299 e. The maximum atomic E-state index is 12.8. The number of fused-ring (bicyclic) bond motifs is 1. The van der Waals surface area contributed by atoms with Crippen molar-refractivity contribution in [2.75, 3.05) is 25.6 Å². The summed E-state index contributed by atoms with van der Waals surface area (Å²) < 4.78 is 32.3. The van der Waals surface area contributed by atoms with E-state index in [1.54, 1.807) is 19.2 Å². The zero-order chi connectivity index (χ0) is 16.2. The zero-order valence-electron chi connectivity index (χ0n) is 11.8. The van der Waals surface area contributed by atoms with Crippen LogP contribution in [0.15, 0.2) is 21.5 Å². The van der Waals surface area contributed by atoms with Gasteiger partial charge in [0.1, 0.15) is 5.03 Å². The summed E-state index contributed by atoms with van der Waals surface area (Å²) in [5, 5.41) is 23.4. The molecule has 3 heterocycles. The summed E-state index contributed by atoms with van der Waals surface area (Å²) in [7, 11) is 1.61. The van der Waals surface area contributed by atoms with Crippen molar-refractivity contribution in [1.29, 1.82) is 0 Å². The Labute approximate surface area is 137 Å². The highest BCUT2D eigenvalue weighted by Crippen LogP contribution is 2.31. The smallest absolute Gasteiger partial charge is 0.299 e. The Balaban J connectivity index is 1.75. The lowest BCUT2D eigenvalue weighted by Gasteiger charge is -2.00. The van der Waals surface area contributed by atoms with Gasteiger partial charge in [-0.2, -0.15) is 9.61 Å². The van der Waals surface area contributed by atoms with Crippen molar-refractivity contribution in [1.82, 2.24) is 30.0 Å². The molecule has 0 atom stereocenters. The predicted octanol–water partition coefficient (Wildman–Crippen LogP) is 2.12. The fraction of sp³-hybridized carbons (Fsp3) is 0.364. The molecule has 3 rings (SSSR count). The molecule has 0 radical (unpaired) electrons. The third kappa shape index (κ3) is 3.71. The molecule has 0 saturated heterocycles. The summed E-state index contributed by atoms with van der Waals surface area (Å²) in [6.45, 7) is 1.18. The fourth-order valence-corrected chi connectivity index (χ4v) is 3.33. The van der Waals surface area contributed by atoms with Crippen molar-refractivity contribution < 1.29 is 13.5 Å². The Hall–Kier alpha value is -1.92. The van der Waals surface area contributed by atoms with Crippen LogP contribution >= 0.6 is 23.1 Å². The highest BCUT2D eigenvalue weighted by molar-refractivity contribution is 8.01. The Morgan fingerprint density at radius 2 is 2.17 bits per heavy atom. The second-order valence-corrected chi connectivity index (χ2v) is 6.44. The number of halogens is 2. The van der Waals surface area contributed by atoms with E-state index in [2.05, 4.69) is 30.8 Å². The summed E-state index contributed by atoms with van der Waals surface area (Å²) in [6.07, 6.45) is -2.74. The maximum absolute atomic E-state index is 12.8. The summed E-state index contributed by atoms with van der Waals surface area (Å²) in [5.41, 5.74) is 0.267. The minimum Gasteiger partial charge on any atom is -0.383 e. The highest BCUT2D eigenvalue weighted by atomic mass is 32.2. The predicted molar refractivity (Wildman–Crippen MR) is 80.1 cm³/mol. The first-order valence-corrected chi connectivity index (χ1v) is 8.05. The quantitative estimate of drug-likeness (QED) is 0.642. The Morgan fingerprint density at radius 3 is 2.96 bits per heavy atom. The van der Waals surface area contributed by atoms with Crippen molar-refractivity contribution in [3.05, 3.63) is 18.0 Å². The summed E-state index contributed by atoms with van der Waals surface area (Å²) in [5.74, 6) is -0.485. The molecule has 3 aromatic rings. The normalized spacial score (nSPS) is 11.5. The molecule has 0 aromatic carbocycles. The third-order valence-electron chi connectivity index (χ3n) is 2.64. The van der Waals surface area contributed by atoms with Gasteiger partial charge in [0, 0.05) is 13.7 Å². The topological polar surface area (TPSA) is 90.1 Å². The number of aromatic nitrogens is 6. The number of alkyl halides is 2. The molecular formula is C11H11F2N7OS2. The second kappa shape index (κ2) is 7.10. The molecule has 0 saturated carbocycles. The molecular weight excluding hydrogens is 348 g/mol. The zero-order valence-corrected chi connectivity index (χ0v) is 13.4. The molecule has 122 valence electrons. The first kappa shape index (κ1) is 16.0. The number of anilines is 1. The molecule has 0 fully saturated rings. The summed E-state index contributed by atoms with van der Waals surface area (Å²) in [4.78, 5) is 0. The largest absolute Gasteiger partial charge is 0.383 e. The van der Waals surface area contributed by atoms with Gasteiger partial charge in [-0.25, -0.2) is 8.78 Å². The molecule has 0 aliphatic carbocycles. The molecule has 23 heavy (non-hydrogen) atoms. The van der Waals surface area contributed by atoms with Gasteiger partial charge < -0.3 is 10.1 Å². The Kier molecular flexibility index (Phi) is 4.93. The van der Waals surface area contributed by atoms with Crippen LogP contribution in [0.2, 0.25) is 0 Å². The van der Waals surface area contributed by atoms with Crippen molar-refractivity contribution >= 4 is 33.9 Å². The summed E-state index contributed by atoms with van der Waals surface area (Å²) >= 11 is 2.57. The van der Waals surface area contributed by atoms with Gasteiger partial charge in [0.15, 0.2) is 9.99 Å². The van der Waals surface area contributed by atoms with E-state index in [-0.39, 0.29) is 5.65 Å². The average Bonchev–Trinajstić information content (AvgIpc) is 3.14. The first-order valence-electron chi connectivity index (χ1n) is 6.42. The lowest BCUT2D eigenvalue weighted by Crippen LogP contribution is -2.06. The van der Waals surface area contributed by atoms with Gasteiger partial charge >= 0.3 is 0 Å². The molecule has 1 N–H and O–H groups in total. The van der Waals surface area contributed by atoms with Crippen LogP contribution in [0.3, 0.4) is 0 Å². The van der Waals surface area contributed by atoms with Gasteiger partial charge in [0.25, 0.3) is 6.43 Å². The van der Waals surface area contributed by atoms with Gasteiger partial charge in [0.2, 0.25) is 11.0 Å². The van der Waals surface area contributed by atoms with E-state index in [0.29, 0.717) is 27.6 Å². The van der Waals surface area contributed by atoms with Crippen molar-refractivity contribution in [2.45, 2.75) is 15.8 Å². The van der Waals surface area contributed by atoms with E-state index in [1.807, 2.05) is 0 Å². The molecule has 0 unspecified atom stereocenters. The van der Waals surface area contributed by atoms with Crippen molar-refractivity contribution in [3.63, 3.8) is 0 Å². The van der Waals surface area contributed by atoms with Gasteiger partial charge in [-0.1, -0.05) is 11.3 Å². The molecule has 12 heteroatoms. The fourth-order valence-electron chi connectivity index (χ4n) is 1.65. The van der Waals surface area contributed by atoms with Crippen molar-refractivity contribution in [3.8, 4) is 0 Å². The van der Waals surface area contributed by atoms with Crippen LogP contribution in [0, 0.1) is 0 Å². The number of ether oxygens (including phenoxy) is 1. The lowest BCUT2D eigenvalue weighted by atomic mass is 10.5. The van der Waals surface area contributed by atoms with Crippen LogP contribution in [0.1, 0.15) is 12.2 Å². The third-order valence-corrected chi connectivity index (χ3v) is 4.50. The van der Waals surface area contributed by atoms with Crippen molar-refractivity contribution in [2.24, 2.45) is 0 Å². The van der Waals surface area contributed by atoms with Gasteiger partial charge in [-0.05, 0) is 23.9 Å².